The Morgan fingerprint density at radius 3 is 2.43 bits per heavy atom. The van der Waals surface area contributed by atoms with Crippen LogP contribution >= 0.6 is 11.9 Å². The van der Waals surface area contributed by atoms with Crippen LogP contribution in [0.4, 0.5) is 5.69 Å². The summed E-state index contributed by atoms with van der Waals surface area (Å²) in [6.45, 7) is 6.20. The third-order valence-electron chi connectivity index (χ3n) is 4.50. The molecule has 0 N–H and O–H groups in total. The van der Waals surface area contributed by atoms with Gasteiger partial charge in [0, 0.05) is 6.07 Å². The Labute approximate surface area is 142 Å². The van der Waals surface area contributed by atoms with Crippen LogP contribution < -0.4 is 8.63 Å². The van der Waals surface area contributed by atoms with Crippen molar-refractivity contribution in [1.29, 1.82) is 0 Å². The van der Waals surface area contributed by atoms with E-state index in [0.717, 1.165) is 17.0 Å². The molecule has 0 bridgehead atoms. The molecule has 0 saturated carbocycles. The molecule has 0 radical (unpaired) electrons. The fourth-order valence-corrected chi connectivity index (χ4v) is 4.76. The van der Waals surface area contributed by atoms with E-state index in [1.54, 1.807) is 19.1 Å². The second kappa shape index (κ2) is 6.02. The third kappa shape index (κ3) is 2.37. The van der Waals surface area contributed by atoms with E-state index in [1.165, 1.54) is 4.90 Å². The Hall–Kier alpha value is -1.78. The molecule has 0 spiro atoms. The van der Waals surface area contributed by atoms with Crippen molar-refractivity contribution in [3.63, 3.8) is 0 Å². The largest absolute Gasteiger partial charge is 0.491 e. The van der Waals surface area contributed by atoms with Crippen molar-refractivity contribution in [2.45, 2.75) is 37.6 Å². The Kier molecular flexibility index (Phi) is 4.21. The summed E-state index contributed by atoms with van der Waals surface area (Å²) in [4.78, 5) is 14.6. The predicted molar refractivity (Wildman–Crippen MR) is 95.6 cm³/mol. The molecule has 0 aliphatic carbocycles. The van der Waals surface area contributed by atoms with E-state index in [0.29, 0.717) is 0 Å². The molecule has 4 heteroatoms. The molecular weight excluding hydrogens is 306 g/mol. The molecule has 120 valence electrons. The molecule has 1 amide bonds. The first-order valence-electron chi connectivity index (χ1n) is 7.87. The van der Waals surface area contributed by atoms with Crippen molar-refractivity contribution in [2.75, 3.05) is 7.11 Å². The van der Waals surface area contributed by atoms with Crippen molar-refractivity contribution < 1.29 is 9.53 Å². The van der Waals surface area contributed by atoms with Gasteiger partial charge in [-0.1, -0.05) is 30.3 Å². The minimum absolute atomic E-state index is 0.0969. The fraction of sp³-hybridized carbons (Fsp3) is 0.316. The van der Waals surface area contributed by atoms with Crippen LogP contribution in [0.25, 0.3) is 0 Å². The summed E-state index contributed by atoms with van der Waals surface area (Å²) in [7, 11) is 1.66. The molecule has 1 aliphatic rings. The lowest BCUT2D eigenvalue weighted by Crippen LogP contribution is -2.56. The number of benzene rings is 2. The van der Waals surface area contributed by atoms with Crippen LogP contribution in [0.1, 0.15) is 32.3 Å². The Bertz CT molecular complexity index is 744. The molecule has 3 nitrogen and oxygen atoms in total. The monoisotopic (exact) mass is 328 g/mol. The summed E-state index contributed by atoms with van der Waals surface area (Å²) in [6, 6.07) is 16.1. The Morgan fingerprint density at radius 1 is 1.09 bits per heavy atom. The van der Waals surface area contributed by atoms with Crippen LogP contribution in [0.2, 0.25) is 0 Å². The molecular formula is C19H22NO2S+. The molecule has 1 heterocycles. The quantitative estimate of drug-likeness (QED) is 0.600. The van der Waals surface area contributed by atoms with Crippen molar-refractivity contribution in [2.24, 2.45) is 0 Å². The maximum absolute atomic E-state index is 13.4. The lowest BCUT2D eigenvalue weighted by molar-refractivity contribution is -0.128. The van der Waals surface area contributed by atoms with Gasteiger partial charge in [0.2, 0.25) is 0 Å². The van der Waals surface area contributed by atoms with E-state index in [1.807, 2.05) is 43.3 Å². The fourth-order valence-electron chi connectivity index (χ4n) is 3.25. The molecule has 1 aliphatic heterocycles. The number of hydrogen-bond acceptors (Lipinski definition) is 3. The first-order valence-corrected chi connectivity index (χ1v) is 8.65. The minimum atomic E-state index is -0.139. The number of methoxy groups -OCH3 is 1. The second-order valence-electron chi connectivity index (χ2n) is 6.11. The highest BCUT2D eigenvalue weighted by molar-refractivity contribution is 7.99. The first kappa shape index (κ1) is 16.1. The molecule has 0 aromatic heterocycles. The highest BCUT2D eigenvalue weighted by atomic mass is 32.2. The van der Waals surface area contributed by atoms with Gasteiger partial charge in [0.05, 0.1) is 17.9 Å². The molecule has 2 aromatic rings. The van der Waals surface area contributed by atoms with E-state index >= 15 is 0 Å². The van der Waals surface area contributed by atoms with Crippen LogP contribution in [0.3, 0.4) is 0 Å². The molecule has 3 rings (SSSR count). The highest BCUT2D eigenvalue weighted by Crippen LogP contribution is 2.51. The number of ether oxygens (including phenoxy) is 1. The van der Waals surface area contributed by atoms with Gasteiger partial charge in [0.1, 0.15) is 18.0 Å². The van der Waals surface area contributed by atoms with E-state index in [9.17, 15) is 4.79 Å². The molecule has 2 unspecified atom stereocenters. The third-order valence-corrected chi connectivity index (χ3v) is 6.15. The Balaban J connectivity index is 2.25. The normalized spacial score (nSPS) is 23.7. The van der Waals surface area contributed by atoms with Gasteiger partial charge in [0.25, 0.3) is 0 Å². The number of amides is 1. The Morgan fingerprint density at radius 2 is 1.74 bits per heavy atom. The number of nitrogens with zero attached hydrogens (tertiary/aromatic N) is 1. The summed E-state index contributed by atoms with van der Waals surface area (Å²) in [5.74, 6) is 0.821. The van der Waals surface area contributed by atoms with Crippen LogP contribution in [-0.4, -0.2) is 19.1 Å². The minimum Gasteiger partial charge on any atom is -0.491 e. The van der Waals surface area contributed by atoms with Crippen molar-refractivity contribution in [1.82, 2.24) is 3.89 Å². The van der Waals surface area contributed by atoms with Crippen LogP contribution in [0, 0.1) is 0 Å². The number of carbonyl (C=O) groups is 1. The van der Waals surface area contributed by atoms with E-state index < -0.39 is 0 Å². The predicted octanol–water partition coefficient (Wildman–Crippen LogP) is 4.76. The van der Waals surface area contributed by atoms with Gasteiger partial charge >= 0.3 is 5.91 Å². The van der Waals surface area contributed by atoms with E-state index in [2.05, 4.69) is 26.0 Å². The average molecular weight is 328 g/mol. The van der Waals surface area contributed by atoms with Crippen LogP contribution in [0.15, 0.2) is 53.4 Å². The zero-order valence-electron chi connectivity index (χ0n) is 13.9. The highest BCUT2D eigenvalue weighted by Gasteiger charge is 2.52. The van der Waals surface area contributed by atoms with Gasteiger partial charge in [-0.25, -0.2) is 4.79 Å². The zero-order chi connectivity index (χ0) is 16.6. The SMILES string of the molecule is COc1ccccc1[N+]1(C(C)C)Sc2ccccc2C(C)C1=O. The number of carbonyl (C=O) groups excluding carboxylic acids is 1. The van der Waals surface area contributed by atoms with Crippen LogP contribution in [0.5, 0.6) is 5.75 Å². The maximum Gasteiger partial charge on any atom is 0.338 e. The molecule has 0 saturated heterocycles. The van der Waals surface area contributed by atoms with Gasteiger partial charge < -0.3 is 4.74 Å². The standard InChI is InChI=1S/C19H22NO2S/c1-13(2)20(16-10-6-7-11-17(16)22-4)19(21)14(3)15-9-5-8-12-18(15)23-20/h5-14H,1-4H3/q+1. The zero-order valence-corrected chi connectivity index (χ0v) is 14.8. The van der Waals surface area contributed by atoms with Crippen LogP contribution in [-0.2, 0) is 4.79 Å². The number of quaternary nitrogens is 1. The van der Waals surface area contributed by atoms with Gasteiger partial charge in [-0.05, 0) is 38.5 Å². The number of fused-ring (bicyclic) bond motifs is 1. The summed E-state index contributed by atoms with van der Waals surface area (Å²) >= 11 is 1.61. The molecule has 2 atom stereocenters. The number of rotatable bonds is 3. The molecule has 2 aromatic carbocycles. The summed E-state index contributed by atoms with van der Waals surface area (Å²) < 4.78 is 5.79. The van der Waals surface area contributed by atoms with Gasteiger partial charge in [-0.3, -0.25) is 0 Å². The topological polar surface area (TPSA) is 26.3 Å². The van der Waals surface area contributed by atoms with Crippen molar-refractivity contribution >= 4 is 23.5 Å². The smallest absolute Gasteiger partial charge is 0.338 e. The first-order chi connectivity index (χ1) is 11.0. The van der Waals surface area contributed by atoms with Gasteiger partial charge in [-0.15, -0.1) is 0 Å². The number of para-hydroxylation sites is 2. The summed E-state index contributed by atoms with van der Waals surface area (Å²) in [5.41, 5.74) is 2.04. The summed E-state index contributed by atoms with van der Waals surface area (Å²) in [5, 5.41) is 0. The molecule has 23 heavy (non-hydrogen) atoms. The molecule has 0 fully saturated rings. The van der Waals surface area contributed by atoms with Gasteiger partial charge in [0.15, 0.2) is 11.4 Å². The van der Waals surface area contributed by atoms with E-state index in [-0.39, 0.29) is 21.8 Å². The lowest BCUT2D eigenvalue weighted by atomic mass is 9.98. The van der Waals surface area contributed by atoms with Gasteiger partial charge in [-0.2, -0.15) is 3.89 Å². The maximum atomic E-state index is 13.4. The van der Waals surface area contributed by atoms with Crippen molar-refractivity contribution in [3.8, 4) is 5.75 Å². The number of hydrogen-bond donors (Lipinski definition) is 0. The second-order valence-corrected chi connectivity index (χ2v) is 7.31. The van der Waals surface area contributed by atoms with Crippen molar-refractivity contribution in [3.05, 3.63) is 54.1 Å². The lowest BCUT2D eigenvalue weighted by Gasteiger charge is -2.41. The van der Waals surface area contributed by atoms with E-state index in [4.69, 9.17) is 4.74 Å². The average Bonchev–Trinajstić information content (AvgIpc) is 2.58. The summed E-state index contributed by atoms with van der Waals surface area (Å²) in [6.07, 6.45) is 0.